The third kappa shape index (κ3) is 6.64. The van der Waals surface area contributed by atoms with Gasteiger partial charge in [0.1, 0.15) is 6.61 Å². The van der Waals surface area contributed by atoms with E-state index in [0.29, 0.717) is 25.4 Å². The van der Waals surface area contributed by atoms with E-state index in [2.05, 4.69) is 27.7 Å². The Morgan fingerprint density at radius 1 is 1.28 bits per heavy atom. The van der Waals surface area contributed by atoms with Gasteiger partial charge in [-0.3, -0.25) is 4.79 Å². The Bertz CT molecular complexity index is 584. The fourth-order valence-corrected chi connectivity index (χ4v) is 4.39. The van der Waals surface area contributed by atoms with Crippen molar-refractivity contribution in [3.8, 4) is 0 Å². The van der Waals surface area contributed by atoms with Gasteiger partial charge >= 0.3 is 6.09 Å². The van der Waals surface area contributed by atoms with Crippen LogP contribution in [0.2, 0.25) is 0 Å². The highest BCUT2D eigenvalue weighted by Gasteiger charge is 2.39. The molecule has 0 bridgehead atoms. The summed E-state index contributed by atoms with van der Waals surface area (Å²) in [6.45, 7) is 11.3. The largest absolute Gasteiger partial charge is 0.447 e. The molecule has 2 N–H and O–H groups in total. The number of thiocarbonyl (C=S) groups is 1. The lowest BCUT2D eigenvalue weighted by molar-refractivity contribution is -0.140. The van der Waals surface area contributed by atoms with Crippen molar-refractivity contribution in [2.45, 2.75) is 72.3 Å². The molecule has 0 unspecified atom stereocenters. The van der Waals surface area contributed by atoms with E-state index in [9.17, 15) is 9.59 Å². The standard InChI is InChI=1S/C22H39N3O3S/c1-5-6-8-16-13-24(14-16)21(27)28-15-17-9-7-10-25(17)20(26)19(22(2,3)4)11-18(29)12-23/h16-17,19H,5-15,23H2,1-4H3/t17-,19-/m1/s1. The van der Waals surface area contributed by atoms with Crippen LogP contribution in [0.5, 0.6) is 0 Å². The molecule has 0 aromatic rings. The van der Waals surface area contributed by atoms with Gasteiger partial charge in [0.2, 0.25) is 5.91 Å². The van der Waals surface area contributed by atoms with Crippen LogP contribution < -0.4 is 5.73 Å². The summed E-state index contributed by atoms with van der Waals surface area (Å²) >= 11 is 5.32. The summed E-state index contributed by atoms with van der Waals surface area (Å²) in [5.41, 5.74) is 5.48. The van der Waals surface area contributed by atoms with Gasteiger partial charge in [-0.05, 0) is 37.0 Å². The molecule has 2 rings (SSSR count). The molecule has 7 heteroatoms. The molecule has 0 aromatic carbocycles. The first-order chi connectivity index (χ1) is 13.7. The highest BCUT2D eigenvalue weighted by atomic mass is 32.1. The van der Waals surface area contributed by atoms with Crippen molar-refractivity contribution in [1.82, 2.24) is 9.80 Å². The lowest BCUT2D eigenvalue weighted by Crippen LogP contribution is -2.51. The summed E-state index contributed by atoms with van der Waals surface area (Å²) < 4.78 is 5.58. The molecule has 0 radical (unpaired) electrons. The Morgan fingerprint density at radius 2 is 1.97 bits per heavy atom. The van der Waals surface area contributed by atoms with Crippen molar-refractivity contribution >= 4 is 29.1 Å². The minimum atomic E-state index is -0.242. The molecule has 2 fully saturated rings. The van der Waals surface area contributed by atoms with Crippen LogP contribution in [0.25, 0.3) is 0 Å². The number of hydrogen-bond acceptors (Lipinski definition) is 5. The molecule has 2 saturated heterocycles. The van der Waals surface area contributed by atoms with Crippen LogP contribution >= 0.6 is 12.2 Å². The molecule has 0 spiro atoms. The van der Waals surface area contributed by atoms with Gasteiger partial charge in [0.25, 0.3) is 0 Å². The molecular weight excluding hydrogens is 386 g/mol. The smallest absolute Gasteiger partial charge is 0.409 e. The Balaban J connectivity index is 1.87. The molecule has 2 heterocycles. The predicted molar refractivity (Wildman–Crippen MR) is 120 cm³/mol. The highest BCUT2D eigenvalue weighted by molar-refractivity contribution is 7.80. The molecule has 0 aliphatic carbocycles. The minimum Gasteiger partial charge on any atom is -0.447 e. The van der Waals surface area contributed by atoms with E-state index in [1.54, 1.807) is 4.90 Å². The van der Waals surface area contributed by atoms with Crippen molar-refractivity contribution in [2.75, 3.05) is 32.8 Å². The van der Waals surface area contributed by atoms with E-state index in [0.717, 1.165) is 30.8 Å². The van der Waals surface area contributed by atoms with Crippen molar-refractivity contribution in [1.29, 1.82) is 0 Å². The molecule has 2 atom stereocenters. The average Bonchev–Trinajstić information content (AvgIpc) is 3.10. The SMILES string of the molecule is CCCCC1CN(C(=O)OC[C@H]2CCCN2C(=O)[C@@H](CC(=S)CN)C(C)(C)C)C1. The zero-order chi connectivity index (χ0) is 21.6. The normalized spacial score (nSPS) is 21.1. The minimum absolute atomic E-state index is 0.0417. The van der Waals surface area contributed by atoms with E-state index in [1.165, 1.54) is 19.3 Å². The van der Waals surface area contributed by atoms with E-state index in [4.69, 9.17) is 22.7 Å². The maximum absolute atomic E-state index is 13.3. The Morgan fingerprint density at radius 3 is 2.55 bits per heavy atom. The second-order valence-electron chi connectivity index (χ2n) is 9.68. The Hall–Kier alpha value is -1.21. The quantitative estimate of drug-likeness (QED) is 0.571. The first-order valence-electron chi connectivity index (χ1n) is 11.1. The van der Waals surface area contributed by atoms with Crippen LogP contribution in [0.1, 0.15) is 66.2 Å². The van der Waals surface area contributed by atoms with Crippen molar-refractivity contribution in [2.24, 2.45) is 23.0 Å². The van der Waals surface area contributed by atoms with E-state index in [-0.39, 0.29) is 36.0 Å². The van der Waals surface area contributed by atoms with Crippen molar-refractivity contribution < 1.29 is 14.3 Å². The summed E-state index contributed by atoms with van der Waals surface area (Å²) in [5, 5.41) is 0. The van der Waals surface area contributed by atoms with Gasteiger partial charge in [-0.1, -0.05) is 52.8 Å². The number of amides is 2. The lowest BCUT2D eigenvalue weighted by atomic mass is 9.77. The number of likely N-dealkylation sites (tertiary alicyclic amines) is 2. The zero-order valence-electron chi connectivity index (χ0n) is 18.6. The zero-order valence-corrected chi connectivity index (χ0v) is 19.4. The van der Waals surface area contributed by atoms with Crippen LogP contribution in [-0.4, -0.2) is 65.5 Å². The van der Waals surface area contributed by atoms with Gasteiger partial charge in [0, 0.05) is 37.0 Å². The molecule has 2 aliphatic heterocycles. The first kappa shape index (κ1) is 24.1. The summed E-state index contributed by atoms with van der Waals surface area (Å²) in [7, 11) is 0. The maximum Gasteiger partial charge on any atom is 0.409 e. The van der Waals surface area contributed by atoms with Gasteiger partial charge < -0.3 is 20.3 Å². The number of nitrogens with two attached hydrogens (primary N) is 1. The lowest BCUT2D eigenvalue weighted by Gasteiger charge is -2.39. The van der Waals surface area contributed by atoms with Gasteiger partial charge in [-0.15, -0.1) is 0 Å². The van der Waals surface area contributed by atoms with Crippen LogP contribution in [0.3, 0.4) is 0 Å². The second kappa shape index (κ2) is 10.7. The van der Waals surface area contributed by atoms with Crippen LogP contribution in [-0.2, 0) is 9.53 Å². The number of ether oxygens (including phenoxy) is 1. The third-order valence-corrected chi connectivity index (χ3v) is 6.58. The molecule has 166 valence electrons. The highest BCUT2D eigenvalue weighted by Crippen LogP contribution is 2.33. The summed E-state index contributed by atoms with van der Waals surface area (Å²) in [6.07, 6.45) is 5.70. The summed E-state index contributed by atoms with van der Waals surface area (Å²) in [5.74, 6) is 0.519. The molecule has 2 aliphatic rings. The number of carbonyl (C=O) groups is 2. The van der Waals surface area contributed by atoms with Crippen LogP contribution in [0.4, 0.5) is 4.79 Å². The second-order valence-corrected chi connectivity index (χ2v) is 10.3. The number of nitrogens with zero attached hydrogens (tertiary/aromatic N) is 2. The fourth-order valence-electron chi connectivity index (χ4n) is 4.23. The van der Waals surface area contributed by atoms with Crippen LogP contribution in [0.15, 0.2) is 0 Å². The monoisotopic (exact) mass is 425 g/mol. The van der Waals surface area contributed by atoms with E-state index in [1.807, 2.05) is 4.90 Å². The first-order valence-corrected chi connectivity index (χ1v) is 11.5. The van der Waals surface area contributed by atoms with Crippen LogP contribution in [0, 0.1) is 17.3 Å². The average molecular weight is 426 g/mol. The predicted octanol–water partition coefficient (Wildman–Crippen LogP) is 3.62. The number of hydrogen-bond donors (Lipinski definition) is 1. The van der Waals surface area contributed by atoms with E-state index >= 15 is 0 Å². The third-order valence-electron chi connectivity index (χ3n) is 6.24. The van der Waals surface area contributed by atoms with Crippen molar-refractivity contribution in [3.63, 3.8) is 0 Å². The summed E-state index contributed by atoms with van der Waals surface area (Å²) in [6, 6.07) is -0.0417. The Labute approximate surface area is 181 Å². The molecule has 2 amide bonds. The van der Waals surface area contributed by atoms with Crippen molar-refractivity contribution in [3.05, 3.63) is 0 Å². The number of rotatable bonds is 9. The molecule has 6 nitrogen and oxygen atoms in total. The van der Waals surface area contributed by atoms with Gasteiger partial charge in [-0.25, -0.2) is 4.79 Å². The number of carbonyl (C=O) groups excluding carboxylic acids is 2. The molecule has 0 saturated carbocycles. The van der Waals surface area contributed by atoms with Gasteiger partial charge in [0.05, 0.1) is 6.04 Å². The van der Waals surface area contributed by atoms with Gasteiger partial charge in [0.15, 0.2) is 0 Å². The maximum atomic E-state index is 13.3. The molecular formula is C22H39N3O3S. The summed E-state index contributed by atoms with van der Waals surface area (Å²) in [4.78, 5) is 30.1. The number of unbranched alkanes of at least 4 members (excludes halogenated alkanes) is 1. The Kier molecular flexibility index (Phi) is 8.89. The van der Waals surface area contributed by atoms with E-state index < -0.39 is 0 Å². The molecule has 0 aromatic heterocycles. The topological polar surface area (TPSA) is 75.9 Å². The van der Waals surface area contributed by atoms with Gasteiger partial charge in [-0.2, -0.15) is 0 Å². The fraction of sp³-hybridized carbons (Fsp3) is 0.864. The molecule has 29 heavy (non-hydrogen) atoms.